The number of aromatic carboxylic acids is 1. The zero-order chi connectivity index (χ0) is 15.5. The van der Waals surface area contributed by atoms with E-state index in [4.69, 9.17) is 5.11 Å². The molecule has 1 aliphatic heterocycles. The topological polar surface area (TPSA) is 99.6 Å². The molecule has 1 fully saturated rings. The lowest BCUT2D eigenvalue weighted by molar-refractivity contribution is 0.0690. The van der Waals surface area contributed by atoms with Gasteiger partial charge in [-0.3, -0.25) is 0 Å². The van der Waals surface area contributed by atoms with E-state index in [0.717, 1.165) is 0 Å². The van der Waals surface area contributed by atoms with Crippen LogP contribution < -0.4 is 9.62 Å². The van der Waals surface area contributed by atoms with Crippen LogP contribution in [0.15, 0.2) is 18.2 Å². The van der Waals surface area contributed by atoms with Crippen molar-refractivity contribution >= 4 is 21.8 Å². The quantitative estimate of drug-likeness (QED) is 0.829. The summed E-state index contributed by atoms with van der Waals surface area (Å²) in [6.45, 7) is 2.90. The van der Waals surface area contributed by atoms with Crippen molar-refractivity contribution < 1.29 is 18.3 Å². The Morgan fingerprint density at radius 3 is 2.67 bits per heavy atom. The van der Waals surface area contributed by atoms with Crippen molar-refractivity contribution in [3.63, 3.8) is 0 Å². The highest BCUT2D eigenvalue weighted by Crippen LogP contribution is 2.18. The molecular formula is C13H19N3O4S. The molecule has 2 heterocycles. The second-order valence-electron chi connectivity index (χ2n) is 4.97. The number of carbonyl (C=O) groups is 1. The average Bonchev–Trinajstić information content (AvgIpc) is 2.48. The summed E-state index contributed by atoms with van der Waals surface area (Å²) in [6, 6.07) is 4.82. The molecule has 0 bridgehead atoms. The van der Waals surface area contributed by atoms with Crippen molar-refractivity contribution in [1.29, 1.82) is 0 Å². The number of carboxylic acid groups (broad SMARTS) is 1. The molecule has 0 radical (unpaired) electrons. The van der Waals surface area contributed by atoms with Crippen molar-refractivity contribution in [1.82, 2.24) is 9.71 Å². The third-order valence-corrected chi connectivity index (χ3v) is 4.95. The van der Waals surface area contributed by atoms with E-state index in [0.29, 0.717) is 31.7 Å². The van der Waals surface area contributed by atoms with Gasteiger partial charge in [-0.15, -0.1) is 0 Å². The van der Waals surface area contributed by atoms with E-state index < -0.39 is 16.0 Å². The Morgan fingerprint density at radius 1 is 1.43 bits per heavy atom. The molecule has 21 heavy (non-hydrogen) atoms. The molecule has 1 aromatic rings. The van der Waals surface area contributed by atoms with E-state index in [1.165, 1.54) is 6.07 Å². The summed E-state index contributed by atoms with van der Waals surface area (Å²) in [5.74, 6) is -0.357. The Morgan fingerprint density at radius 2 is 2.10 bits per heavy atom. The molecule has 116 valence electrons. The summed E-state index contributed by atoms with van der Waals surface area (Å²) in [6.07, 6.45) is 1.36. The lowest BCUT2D eigenvalue weighted by Crippen LogP contribution is -2.45. The molecule has 0 spiro atoms. The van der Waals surface area contributed by atoms with Crippen molar-refractivity contribution in [3.05, 3.63) is 23.9 Å². The SMILES string of the molecule is CCS(=O)(=O)NC1CCN(c2cccc(C(=O)O)n2)CC1. The maximum absolute atomic E-state index is 11.5. The number of carboxylic acids is 1. The van der Waals surface area contributed by atoms with Crippen LogP contribution in [-0.2, 0) is 10.0 Å². The first-order valence-electron chi connectivity index (χ1n) is 6.86. The maximum Gasteiger partial charge on any atom is 0.354 e. The molecular weight excluding hydrogens is 294 g/mol. The van der Waals surface area contributed by atoms with Crippen LogP contribution in [0.1, 0.15) is 30.3 Å². The summed E-state index contributed by atoms with van der Waals surface area (Å²) in [5, 5.41) is 8.95. The van der Waals surface area contributed by atoms with Gasteiger partial charge in [0.2, 0.25) is 10.0 Å². The summed E-state index contributed by atoms with van der Waals surface area (Å²) in [5.41, 5.74) is 0.0151. The average molecular weight is 313 g/mol. The third-order valence-electron chi connectivity index (χ3n) is 3.50. The van der Waals surface area contributed by atoms with Gasteiger partial charge in [0.1, 0.15) is 5.82 Å². The summed E-state index contributed by atoms with van der Waals surface area (Å²) in [7, 11) is -3.18. The van der Waals surface area contributed by atoms with Crippen LogP contribution in [-0.4, -0.2) is 49.4 Å². The summed E-state index contributed by atoms with van der Waals surface area (Å²) in [4.78, 5) is 17.0. The minimum atomic E-state index is -3.18. The highest BCUT2D eigenvalue weighted by molar-refractivity contribution is 7.89. The van der Waals surface area contributed by atoms with E-state index in [9.17, 15) is 13.2 Å². The fourth-order valence-electron chi connectivity index (χ4n) is 2.28. The first-order chi connectivity index (χ1) is 9.91. The van der Waals surface area contributed by atoms with Gasteiger partial charge in [0.25, 0.3) is 0 Å². The van der Waals surface area contributed by atoms with Gasteiger partial charge in [0.05, 0.1) is 5.75 Å². The van der Waals surface area contributed by atoms with E-state index >= 15 is 0 Å². The zero-order valence-corrected chi connectivity index (χ0v) is 12.6. The summed E-state index contributed by atoms with van der Waals surface area (Å²) < 4.78 is 25.8. The monoisotopic (exact) mass is 313 g/mol. The molecule has 0 amide bonds. The number of hydrogen-bond donors (Lipinski definition) is 2. The largest absolute Gasteiger partial charge is 0.477 e. The number of piperidine rings is 1. The van der Waals surface area contributed by atoms with E-state index in [1.54, 1.807) is 19.1 Å². The van der Waals surface area contributed by atoms with Crippen LogP contribution in [0.3, 0.4) is 0 Å². The molecule has 2 rings (SSSR count). The number of sulfonamides is 1. The third kappa shape index (κ3) is 4.15. The standard InChI is InChI=1S/C13H19N3O4S/c1-2-21(19,20)15-10-6-8-16(9-7-10)12-5-3-4-11(14-12)13(17)18/h3-5,10,15H,2,6-9H2,1H3,(H,17,18). The molecule has 7 nitrogen and oxygen atoms in total. The van der Waals surface area contributed by atoms with Crippen LogP contribution in [0.2, 0.25) is 0 Å². The van der Waals surface area contributed by atoms with E-state index in [2.05, 4.69) is 9.71 Å². The van der Waals surface area contributed by atoms with Crippen LogP contribution in [0.4, 0.5) is 5.82 Å². The maximum atomic E-state index is 11.5. The molecule has 0 aliphatic carbocycles. The second kappa shape index (κ2) is 6.40. The first-order valence-corrected chi connectivity index (χ1v) is 8.52. The molecule has 8 heteroatoms. The molecule has 0 atom stereocenters. The molecule has 0 saturated carbocycles. The van der Waals surface area contributed by atoms with Crippen molar-refractivity contribution in [2.75, 3.05) is 23.7 Å². The van der Waals surface area contributed by atoms with Gasteiger partial charge >= 0.3 is 5.97 Å². The fraction of sp³-hybridized carbons (Fsp3) is 0.538. The number of aromatic nitrogens is 1. The van der Waals surface area contributed by atoms with E-state index in [1.807, 2.05) is 4.90 Å². The van der Waals surface area contributed by atoms with Crippen LogP contribution in [0, 0.1) is 0 Å². The number of rotatable bonds is 5. The Bertz CT molecular complexity index is 610. The van der Waals surface area contributed by atoms with Gasteiger partial charge in [0, 0.05) is 19.1 Å². The first kappa shape index (κ1) is 15.7. The Labute approximate surface area is 124 Å². The number of hydrogen-bond acceptors (Lipinski definition) is 5. The minimum absolute atomic E-state index is 0.0151. The Kier molecular flexibility index (Phi) is 4.79. The molecule has 1 aliphatic rings. The van der Waals surface area contributed by atoms with E-state index in [-0.39, 0.29) is 17.5 Å². The smallest absolute Gasteiger partial charge is 0.354 e. The number of nitrogens with zero attached hydrogens (tertiary/aromatic N) is 2. The number of pyridine rings is 1. The number of nitrogens with one attached hydrogen (secondary N) is 1. The molecule has 1 aromatic heterocycles. The lowest BCUT2D eigenvalue weighted by atomic mass is 10.1. The summed E-state index contributed by atoms with van der Waals surface area (Å²) >= 11 is 0. The molecule has 0 aromatic carbocycles. The normalized spacial score (nSPS) is 16.9. The van der Waals surface area contributed by atoms with Crippen LogP contribution in [0.25, 0.3) is 0 Å². The van der Waals surface area contributed by atoms with Gasteiger partial charge in [-0.05, 0) is 31.9 Å². The minimum Gasteiger partial charge on any atom is -0.477 e. The van der Waals surface area contributed by atoms with Crippen molar-refractivity contribution in [2.45, 2.75) is 25.8 Å². The molecule has 2 N–H and O–H groups in total. The highest BCUT2D eigenvalue weighted by Gasteiger charge is 2.23. The molecule has 1 saturated heterocycles. The van der Waals surface area contributed by atoms with Gasteiger partial charge in [-0.2, -0.15) is 0 Å². The predicted molar refractivity (Wildman–Crippen MR) is 79.0 cm³/mol. The number of anilines is 1. The Balaban J connectivity index is 1.98. The Hall–Kier alpha value is -1.67. The molecule has 0 unspecified atom stereocenters. The van der Waals surface area contributed by atoms with Crippen molar-refractivity contribution in [2.24, 2.45) is 0 Å². The van der Waals surface area contributed by atoms with Gasteiger partial charge in [-0.25, -0.2) is 22.9 Å². The fourth-order valence-corrected chi connectivity index (χ4v) is 3.19. The predicted octanol–water partition coefficient (Wildman–Crippen LogP) is 0.688. The van der Waals surface area contributed by atoms with Gasteiger partial charge < -0.3 is 10.0 Å². The highest BCUT2D eigenvalue weighted by atomic mass is 32.2. The van der Waals surface area contributed by atoms with Crippen molar-refractivity contribution in [3.8, 4) is 0 Å². The second-order valence-corrected chi connectivity index (χ2v) is 7.01. The van der Waals surface area contributed by atoms with Crippen LogP contribution in [0.5, 0.6) is 0 Å². The zero-order valence-electron chi connectivity index (χ0n) is 11.8. The van der Waals surface area contributed by atoms with Gasteiger partial charge in [-0.1, -0.05) is 6.07 Å². The van der Waals surface area contributed by atoms with Gasteiger partial charge in [0.15, 0.2) is 5.69 Å². The lowest BCUT2D eigenvalue weighted by Gasteiger charge is -2.33. The van der Waals surface area contributed by atoms with Crippen LogP contribution >= 0.6 is 0 Å².